The second kappa shape index (κ2) is 3.01. The molecule has 1 aliphatic heterocycles. The van der Waals surface area contributed by atoms with Gasteiger partial charge in [-0.25, -0.2) is 0 Å². The molecule has 0 unspecified atom stereocenters. The fourth-order valence-electron chi connectivity index (χ4n) is 1.30. The van der Waals surface area contributed by atoms with Crippen LogP contribution in [0.3, 0.4) is 0 Å². The van der Waals surface area contributed by atoms with E-state index < -0.39 is 12.6 Å². The van der Waals surface area contributed by atoms with Gasteiger partial charge in [0.1, 0.15) is 0 Å². The summed E-state index contributed by atoms with van der Waals surface area (Å²) in [6.07, 6.45) is -4.65. The fraction of sp³-hybridized carbons (Fsp3) is 1.00. The van der Waals surface area contributed by atoms with Gasteiger partial charge < -0.3 is 4.90 Å². The van der Waals surface area contributed by atoms with Crippen molar-refractivity contribution in [1.82, 2.24) is 4.90 Å². The van der Waals surface area contributed by atoms with Crippen LogP contribution in [0.5, 0.6) is 0 Å². The van der Waals surface area contributed by atoms with Crippen LogP contribution in [0.25, 0.3) is 0 Å². The Balaban J connectivity index is 2.05. The van der Waals surface area contributed by atoms with E-state index in [1.807, 2.05) is 11.8 Å². The van der Waals surface area contributed by atoms with Gasteiger partial charge in [-0.2, -0.15) is 13.2 Å². The highest BCUT2D eigenvalue weighted by Gasteiger charge is 2.30. The van der Waals surface area contributed by atoms with Crippen LogP contribution in [0, 0.1) is 5.92 Å². The van der Waals surface area contributed by atoms with Crippen LogP contribution < -0.4 is 0 Å². The van der Waals surface area contributed by atoms with Crippen LogP contribution in [0.1, 0.15) is 13.3 Å². The molecule has 1 heterocycles. The summed E-state index contributed by atoms with van der Waals surface area (Å²) in [5, 5.41) is 0. The first kappa shape index (κ1) is 8.84. The number of alkyl halides is 3. The van der Waals surface area contributed by atoms with Gasteiger partial charge in [-0.15, -0.1) is 0 Å². The predicted octanol–water partition coefficient (Wildman–Crippen LogP) is 1.89. The second-order valence-corrected chi connectivity index (χ2v) is 3.23. The van der Waals surface area contributed by atoms with Crippen molar-refractivity contribution in [2.75, 3.05) is 19.6 Å². The maximum absolute atomic E-state index is 11.6. The van der Waals surface area contributed by atoms with Crippen LogP contribution in [-0.4, -0.2) is 30.7 Å². The number of hydrogen-bond donors (Lipinski definition) is 0. The predicted molar refractivity (Wildman–Crippen MR) is 36.3 cm³/mol. The van der Waals surface area contributed by atoms with E-state index in [-0.39, 0.29) is 6.54 Å². The van der Waals surface area contributed by atoms with Crippen molar-refractivity contribution in [3.63, 3.8) is 0 Å². The van der Waals surface area contributed by atoms with Crippen LogP contribution in [-0.2, 0) is 0 Å². The van der Waals surface area contributed by atoms with Gasteiger partial charge in [0.25, 0.3) is 0 Å². The average Bonchev–Trinajstić information content (AvgIpc) is 1.75. The Morgan fingerprint density at radius 1 is 1.36 bits per heavy atom. The highest BCUT2D eigenvalue weighted by molar-refractivity contribution is 4.76. The minimum atomic E-state index is -3.99. The average molecular weight is 167 g/mol. The molecular weight excluding hydrogens is 155 g/mol. The minimum Gasteiger partial charge on any atom is -0.302 e. The van der Waals surface area contributed by atoms with Crippen molar-refractivity contribution < 1.29 is 13.2 Å². The molecule has 1 nitrogen and oxygen atoms in total. The Morgan fingerprint density at radius 3 is 2.27 bits per heavy atom. The van der Waals surface area contributed by atoms with Gasteiger partial charge in [-0.3, -0.25) is 0 Å². The molecule has 0 bridgehead atoms. The van der Waals surface area contributed by atoms with E-state index >= 15 is 0 Å². The first-order valence-corrected chi connectivity index (χ1v) is 3.76. The van der Waals surface area contributed by atoms with Crippen LogP contribution in [0.15, 0.2) is 0 Å². The molecule has 0 amide bonds. The molecule has 1 aliphatic rings. The first-order chi connectivity index (χ1) is 4.97. The summed E-state index contributed by atoms with van der Waals surface area (Å²) in [5.74, 6) is 0.586. The van der Waals surface area contributed by atoms with E-state index in [1.165, 1.54) is 0 Å². The molecule has 0 spiro atoms. The molecule has 0 aromatic carbocycles. The zero-order chi connectivity index (χ0) is 8.48. The lowest BCUT2D eigenvalue weighted by Gasteiger charge is -2.37. The van der Waals surface area contributed by atoms with E-state index in [0.717, 1.165) is 13.1 Å². The van der Waals surface area contributed by atoms with Gasteiger partial charge in [0.05, 0.1) is 6.42 Å². The fourth-order valence-corrected chi connectivity index (χ4v) is 1.30. The molecule has 1 rings (SSSR count). The molecule has 0 radical (unpaired) electrons. The topological polar surface area (TPSA) is 3.24 Å². The molecule has 0 aromatic rings. The summed E-state index contributed by atoms with van der Waals surface area (Å²) < 4.78 is 34.9. The van der Waals surface area contributed by atoms with Gasteiger partial charge in [-0.1, -0.05) is 6.92 Å². The number of nitrogens with zero attached hydrogens (tertiary/aromatic N) is 1. The number of halogens is 3. The van der Waals surface area contributed by atoms with Gasteiger partial charge in [-0.05, 0) is 5.92 Å². The Morgan fingerprint density at radius 2 is 1.91 bits per heavy atom. The summed E-state index contributed by atoms with van der Waals surface area (Å²) in [7, 11) is 0. The number of hydrogen-bond acceptors (Lipinski definition) is 1. The molecule has 0 aromatic heterocycles. The summed E-state index contributed by atoms with van der Waals surface area (Å²) >= 11 is 0. The SMILES string of the molecule is CC1CN(CCC(F)(F)F)C1. The summed E-state index contributed by atoms with van der Waals surface area (Å²) in [6, 6.07) is 0. The molecule has 0 atom stereocenters. The summed E-state index contributed by atoms with van der Waals surface area (Å²) in [6.45, 7) is 3.88. The molecule has 11 heavy (non-hydrogen) atoms. The van der Waals surface area contributed by atoms with Crippen molar-refractivity contribution in [1.29, 1.82) is 0 Å². The minimum absolute atomic E-state index is 0.174. The Kier molecular flexibility index (Phi) is 2.42. The largest absolute Gasteiger partial charge is 0.390 e. The third kappa shape index (κ3) is 3.10. The van der Waals surface area contributed by atoms with Gasteiger partial charge in [0.2, 0.25) is 0 Å². The normalized spacial score (nSPS) is 21.8. The Labute approximate surface area is 64.2 Å². The Bertz CT molecular complexity index is 126. The van der Waals surface area contributed by atoms with E-state index in [2.05, 4.69) is 0 Å². The number of rotatable bonds is 2. The first-order valence-electron chi connectivity index (χ1n) is 3.76. The Hall–Kier alpha value is -0.250. The molecule has 0 saturated carbocycles. The standard InChI is InChI=1S/C7H12F3N/c1-6-4-11(5-6)3-2-7(8,9)10/h6H,2-5H2,1H3. The second-order valence-electron chi connectivity index (χ2n) is 3.23. The van der Waals surface area contributed by atoms with Crippen LogP contribution in [0.4, 0.5) is 13.2 Å². The van der Waals surface area contributed by atoms with Crippen molar-refractivity contribution in [2.45, 2.75) is 19.5 Å². The molecule has 1 fully saturated rings. The lowest BCUT2D eigenvalue weighted by atomic mass is 10.0. The van der Waals surface area contributed by atoms with E-state index in [1.54, 1.807) is 0 Å². The van der Waals surface area contributed by atoms with Crippen molar-refractivity contribution in [2.24, 2.45) is 5.92 Å². The lowest BCUT2D eigenvalue weighted by Crippen LogP contribution is -2.46. The van der Waals surface area contributed by atoms with Gasteiger partial charge in [0.15, 0.2) is 0 Å². The summed E-state index contributed by atoms with van der Waals surface area (Å²) in [5.41, 5.74) is 0. The van der Waals surface area contributed by atoms with Crippen LogP contribution in [0.2, 0.25) is 0 Å². The zero-order valence-corrected chi connectivity index (χ0v) is 6.49. The quantitative estimate of drug-likeness (QED) is 0.607. The van der Waals surface area contributed by atoms with E-state index in [0.29, 0.717) is 5.92 Å². The molecule has 0 N–H and O–H groups in total. The van der Waals surface area contributed by atoms with Gasteiger partial charge >= 0.3 is 6.18 Å². The third-order valence-corrected chi connectivity index (χ3v) is 1.85. The van der Waals surface area contributed by atoms with Crippen LogP contribution >= 0.6 is 0 Å². The summed E-state index contributed by atoms with van der Waals surface area (Å²) in [4.78, 5) is 1.83. The highest BCUT2D eigenvalue weighted by atomic mass is 19.4. The van der Waals surface area contributed by atoms with Gasteiger partial charge in [0, 0.05) is 19.6 Å². The molecule has 4 heteroatoms. The molecule has 66 valence electrons. The molecule has 1 saturated heterocycles. The van der Waals surface area contributed by atoms with E-state index in [4.69, 9.17) is 0 Å². The monoisotopic (exact) mass is 167 g/mol. The lowest BCUT2D eigenvalue weighted by molar-refractivity contribution is -0.141. The van der Waals surface area contributed by atoms with E-state index in [9.17, 15) is 13.2 Å². The molecular formula is C7H12F3N. The maximum atomic E-state index is 11.6. The third-order valence-electron chi connectivity index (χ3n) is 1.85. The highest BCUT2D eigenvalue weighted by Crippen LogP contribution is 2.22. The van der Waals surface area contributed by atoms with Crippen molar-refractivity contribution in [3.8, 4) is 0 Å². The number of likely N-dealkylation sites (tertiary alicyclic amines) is 1. The maximum Gasteiger partial charge on any atom is 0.390 e. The molecule has 0 aliphatic carbocycles. The smallest absolute Gasteiger partial charge is 0.302 e. The van der Waals surface area contributed by atoms with Crippen molar-refractivity contribution in [3.05, 3.63) is 0 Å². The zero-order valence-electron chi connectivity index (χ0n) is 6.49. The van der Waals surface area contributed by atoms with Crippen molar-refractivity contribution >= 4 is 0 Å².